The average Bonchev–Trinajstić information content (AvgIpc) is 3.08. The first-order chi connectivity index (χ1) is 13.0. The number of thioether (sulfide) groups is 1. The number of rotatable bonds is 11. The molecule has 1 saturated heterocycles. The molecule has 1 aromatic carbocycles. The van der Waals surface area contributed by atoms with Gasteiger partial charge in [-0.2, -0.15) is 0 Å². The Morgan fingerprint density at radius 2 is 1.93 bits per heavy atom. The highest BCUT2D eigenvalue weighted by atomic mass is 32.2. The summed E-state index contributed by atoms with van der Waals surface area (Å²) in [6, 6.07) is 5.64. The van der Waals surface area contributed by atoms with E-state index < -0.39 is 0 Å². The van der Waals surface area contributed by atoms with Gasteiger partial charge in [-0.05, 0) is 37.5 Å². The lowest BCUT2D eigenvalue weighted by atomic mass is 10.1. The van der Waals surface area contributed by atoms with Crippen LogP contribution >= 0.6 is 11.8 Å². The van der Waals surface area contributed by atoms with Gasteiger partial charge in [0.2, 0.25) is 5.91 Å². The Labute approximate surface area is 166 Å². The second kappa shape index (κ2) is 11.1. The van der Waals surface area contributed by atoms with Gasteiger partial charge >= 0.3 is 0 Å². The molecule has 1 aromatic rings. The zero-order chi connectivity index (χ0) is 19.6. The third-order valence-electron chi connectivity index (χ3n) is 4.22. The Morgan fingerprint density at radius 1 is 1.22 bits per heavy atom. The Bertz CT molecular complexity index is 638. The van der Waals surface area contributed by atoms with E-state index in [0.717, 1.165) is 36.5 Å². The van der Waals surface area contributed by atoms with E-state index in [-0.39, 0.29) is 17.2 Å². The van der Waals surface area contributed by atoms with Gasteiger partial charge < -0.3 is 19.7 Å². The Morgan fingerprint density at radius 3 is 2.56 bits per heavy atom. The number of hydrogen-bond acceptors (Lipinski definition) is 5. The van der Waals surface area contributed by atoms with E-state index in [1.165, 1.54) is 11.8 Å². The van der Waals surface area contributed by atoms with Crippen LogP contribution in [0.15, 0.2) is 18.2 Å². The van der Waals surface area contributed by atoms with Crippen LogP contribution in [0.5, 0.6) is 11.5 Å². The van der Waals surface area contributed by atoms with Crippen molar-refractivity contribution in [2.24, 2.45) is 0 Å². The molecule has 0 saturated carbocycles. The van der Waals surface area contributed by atoms with E-state index in [9.17, 15) is 9.59 Å². The molecule has 1 aliphatic heterocycles. The monoisotopic (exact) mass is 394 g/mol. The smallest absolute Gasteiger partial charge is 0.281 e. The third-order valence-corrected chi connectivity index (χ3v) is 5.11. The largest absolute Gasteiger partial charge is 0.490 e. The maximum atomic E-state index is 12.2. The fraction of sp³-hybridized carbons (Fsp3) is 0.600. The Hall–Kier alpha value is -1.89. The highest BCUT2D eigenvalue weighted by molar-refractivity contribution is 8.13. The third kappa shape index (κ3) is 6.65. The van der Waals surface area contributed by atoms with Crippen LogP contribution in [0.2, 0.25) is 0 Å². The van der Waals surface area contributed by atoms with Gasteiger partial charge in [-0.3, -0.25) is 9.59 Å². The van der Waals surface area contributed by atoms with Gasteiger partial charge in [-0.1, -0.05) is 31.7 Å². The Balaban J connectivity index is 1.94. The van der Waals surface area contributed by atoms with Crippen molar-refractivity contribution in [2.45, 2.75) is 46.1 Å². The first kappa shape index (κ1) is 21.4. The standard InChI is InChI=1S/C20H30N2O4S/c1-4-11-25-17-7-6-16(14-18(17)26-12-5-2)15(3)21-19(23)8-9-22-10-13-27-20(22)24/h6-7,14-15H,4-5,8-13H2,1-3H3,(H,21,23)/t15-/m0/s1. The molecule has 27 heavy (non-hydrogen) atoms. The van der Waals surface area contributed by atoms with Gasteiger partial charge in [-0.25, -0.2) is 0 Å². The van der Waals surface area contributed by atoms with Gasteiger partial charge in [0.25, 0.3) is 5.24 Å². The predicted octanol–water partition coefficient (Wildman–Crippen LogP) is 4.00. The minimum Gasteiger partial charge on any atom is -0.490 e. The van der Waals surface area contributed by atoms with Gasteiger partial charge in [0.05, 0.1) is 19.3 Å². The molecule has 7 heteroatoms. The molecule has 1 N–H and O–H groups in total. The van der Waals surface area contributed by atoms with E-state index in [1.54, 1.807) is 4.90 Å². The maximum absolute atomic E-state index is 12.2. The van der Waals surface area contributed by atoms with Crippen LogP contribution in [0.4, 0.5) is 4.79 Å². The van der Waals surface area contributed by atoms with Crippen molar-refractivity contribution in [1.29, 1.82) is 0 Å². The van der Waals surface area contributed by atoms with Crippen LogP contribution in [0.3, 0.4) is 0 Å². The summed E-state index contributed by atoms with van der Waals surface area (Å²) >= 11 is 1.31. The zero-order valence-corrected chi connectivity index (χ0v) is 17.3. The highest BCUT2D eigenvalue weighted by Gasteiger charge is 2.22. The lowest BCUT2D eigenvalue weighted by Crippen LogP contribution is -2.32. The lowest BCUT2D eigenvalue weighted by Gasteiger charge is -2.19. The molecular weight excluding hydrogens is 364 g/mol. The van der Waals surface area contributed by atoms with E-state index in [4.69, 9.17) is 9.47 Å². The molecule has 0 radical (unpaired) electrons. The molecule has 0 unspecified atom stereocenters. The molecule has 2 amide bonds. The minimum absolute atomic E-state index is 0.0606. The summed E-state index contributed by atoms with van der Waals surface area (Å²) in [7, 11) is 0. The van der Waals surface area contributed by atoms with Crippen LogP contribution in [-0.2, 0) is 4.79 Å². The van der Waals surface area contributed by atoms with Crippen LogP contribution in [0, 0.1) is 0 Å². The van der Waals surface area contributed by atoms with Crippen molar-refractivity contribution in [3.05, 3.63) is 23.8 Å². The summed E-state index contributed by atoms with van der Waals surface area (Å²) in [5.74, 6) is 2.19. The molecule has 0 aromatic heterocycles. The molecule has 1 aliphatic rings. The van der Waals surface area contributed by atoms with E-state index in [0.29, 0.717) is 31.9 Å². The molecule has 2 rings (SSSR count). The van der Waals surface area contributed by atoms with Gasteiger partial charge in [-0.15, -0.1) is 0 Å². The second-order valence-electron chi connectivity index (χ2n) is 6.54. The SMILES string of the molecule is CCCOc1ccc([C@H](C)NC(=O)CCN2CCSC2=O)cc1OCCC. The summed E-state index contributed by atoms with van der Waals surface area (Å²) in [5, 5.41) is 3.07. The number of benzene rings is 1. The average molecular weight is 395 g/mol. The first-order valence-corrected chi connectivity index (χ1v) is 10.6. The van der Waals surface area contributed by atoms with Crippen molar-refractivity contribution < 1.29 is 19.1 Å². The fourth-order valence-corrected chi connectivity index (χ4v) is 3.56. The van der Waals surface area contributed by atoms with Crippen molar-refractivity contribution in [3.8, 4) is 11.5 Å². The number of nitrogens with one attached hydrogen (secondary N) is 1. The topological polar surface area (TPSA) is 67.9 Å². The van der Waals surface area contributed by atoms with Crippen molar-refractivity contribution in [2.75, 3.05) is 32.1 Å². The number of carbonyl (C=O) groups is 2. The van der Waals surface area contributed by atoms with Crippen LogP contribution in [-0.4, -0.2) is 48.1 Å². The lowest BCUT2D eigenvalue weighted by molar-refractivity contribution is -0.121. The van der Waals surface area contributed by atoms with Crippen molar-refractivity contribution in [1.82, 2.24) is 10.2 Å². The molecule has 1 atom stereocenters. The number of amides is 2. The molecular formula is C20H30N2O4S. The number of nitrogens with zero attached hydrogens (tertiary/aromatic N) is 1. The molecule has 1 heterocycles. The molecule has 150 valence electrons. The minimum atomic E-state index is -0.148. The molecule has 1 fully saturated rings. The summed E-state index contributed by atoms with van der Waals surface area (Å²) in [6.45, 7) is 8.52. The van der Waals surface area contributed by atoms with Gasteiger partial charge in [0.15, 0.2) is 11.5 Å². The number of carbonyl (C=O) groups excluding carboxylic acids is 2. The summed E-state index contributed by atoms with van der Waals surface area (Å²) in [6.07, 6.45) is 2.16. The predicted molar refractivity (Wildman–Crippen MR) is 109 cm³/mol. The number of ether oxygens (including phenoxy) is 2. The molecule has 6 nitrogen and oxygen atoms in total. The van der Waals surface area contributed by atoms with E-state index in [1.807, 2.05) is 25.1 Å². The fourth-order valence-electron chi connectivity index (χ4n) is 2.71. The van der Waals surface area contributed by atoms with Crippen LogP contribution in [0.25, 0.3) is 0 Å². The second-order valence-corrected chi connectivity index (χ2v) is 7.59. The van der Waals surface area contributed by atoms with Crippen molar-refractivity contribution in [3.63, 3.8) is 0 Å². The van der Waals surface area contributed by atoms with E-state index in [2.05, 4.69) is 19.2 Å². The maximum Gasteiger partial charge on any atom is 0.281 e. The normalized spacial score (nSPS) is 14.9. The quantitative estimate of drug-likeness (QED) is 0.614. The summed E-state index contributed by atoms with van der Waals surface area (Å²) in [4.78, 5) is 25.6. The Kier molecular flexibility index (Phi) is 8.78. The highest BCUT2D eigenvalue weighted by Crippen LogP contribution is 2.31. The van der Waals surface area contributed by atoms with Crippen LogP contribution < -0.4 is 14.8 Å². The van der Waals surface area contributed by atoms with Crippen LogP contribution in [0.1, 0.15) is 51.6 Å². The first-order valence-electron chi connectivity index (χ1n) is 9.65. The zero-order valence-electron chi connectivity index (χ0n) is 16.5. The van der Waals surface area contributed by atoms with Gasteiger partial charge in [0.1, 0.15) is 0 Å². The molecule has 0 aliphatic carbocycles. The summed E-state index contributed by atoms with van der Waals surface area (Å²) in [5.41, 5.74) is 0.964. The van der Waals surface area contributed by atoms with Gasteiger partial charge in [0, 0.05) is 25.3 Å². The summed E-state index contributed by atoms with van der Waals surface area (Å²) < 4.78 is 11.6. The molecule has 0 spiro atoms. The van der Waals surface area contributed by atoms with E-state index >= 15 is 0 Å². The molecule has 0 bridgehead atoms. The van der Waals surface area contributed by atoms with Crippen molar-refractivity contribution >= 4 is 22.9 Å². The number of hydrogen-bond donors (Lipinski definition) is 1.